The molecule has 59 heavy (non-hydrogen) atoms. The number of aliphatic carboxylic acids is 1. The van der Waals surface area contributed by atoms with Crippen LogP contribution in [0, 0.1) is 29.1 Å². The number of rotatable bonds is 10. The van der Waals surface area contributed by atoms with E-state index in [9.17, 15) is 24.8 Å². The van der Waals surface area contributed by atoms with Crippen LogP contribution in [0.5, 0.6) is 0 Å². The number of para-hydroxylation sites is 1. The lowest BCUT2D eigenvalue weighted by Crippen LogP contribution is -2.47. The van der Waals surface area contributed by atoms with E-state index >= 15 is 0 Å². The summed E-state index contributed by atoms with van der Waals surface area (Å²) in [5.74, 6) is -2.40. The van der Waals surface area contributed by atoms with E-state index in [0.717, 1.165) is 43.1 Å². The monoisotopic (exact) mass is 792 g/mol. The van der Waals surface area contributed by atoms with Gasteiger partial charge in [0.1, 0.15) is 11.7 Å². The van der Waals surface area contributed by atoms with Crippen LogP contribution >= 0.6 is 0 Å². The molecule has 2 heterocycles. The van der Waals surface area contributed by atoms with Crippen LogP contribution in [0.25, 0.3) is 17.0 Å². The van der Waals surface area contributed by atoms with Gasteiger partial charge in [0.25, 0.3) is 5.91 Å². The van der Waals surface area contributed by atoms with Crippen LogP contribution in [0.2, 0.25) is 0 Å². The number of nitrogens with zero attached hydrogens (tertiary/aromatic N) is 2. The lowest BCUT2D eigenvalue weighted by Gasteiger charge is -2.44. The fourth-order valence-corrected chi connectivity index (χ4v) is 7.11. The summed E-state index contributed by atoms with van der Waals surface area (Å²) in [6, 6.07) is 24.5. The molecule has 1 unspecified atom stereocenters. The van der Waals surface area contributed by atoms with Gasteiger partial charge in [-0.15, -0.1) is 0 Å². The van der Waals surface area contributed by atoms with Crippen LogP contribution in [0.3, 0.4) is 0 Å². The molecule has 1 aliphatic carbocycles. The Morgan fingerprint density at radius 1 is 1.08 bits per heavy atom. The van der Waals surface area contributed by atoms with E-state index in [4.69, 9.17) is 9.83 Å². The van der Waals surface area contributed by atoms with Crippen molar-refractivity contribution in [2.75, 3.05) is 16.8 Å². The van der Waals surface area contributed by atoms with Crippen molar-refractivity contribution >= 4 is 46.0 Å². The zero-order valence-corrected chi connectivity index (χ0v) is 35.3. The zero-order valence-electron chi connectivity index (χ0n) is 35.3. The number of amides is 1. The minimum Gasteiger partial charge on any atom is -0.477 e. The molecule has 306 valence electrons. The number of carbonyl (C=O) groups excluding carboxylic acids is 1. The van der Waals surface area contributed by atoms with E-state index in [1.165, 1.54) is 36.1 Å². The highest BCUT2D eigenvalue weighted by Crippen LogP contribution is 2.39. The molecule has 6 rings (SSSR count). The molecule has 3 N–H and O–H groups in total. The van der Waals surface area contributed by atoms with Gasteiger partial charge in [0.05, 0.1) is 22.2 Å². The molecule has 0 saturated carbocycles. The Morgan fingerprint density at radius 3 is 2.32 bits per heavy atom. The first-order valence-electron chi connectivity index (χ1n) is 20.0. The molecule has 0 radical (unpaired) electrons. The molecule has 0 spiro atoms. The molecule has 4 aromatic rings. The maximum atomic E-state index is 13.1. The van der Waals surface area contributed by atoms with Gasteiger partial charge in [-0.1, -0.05) is 123 Å². The van der Waals surface area contributed by atoms with Gasteiger partial charge < -0.3 is 19.7 Å². The Hall–Kier alpha value is -6.53. The predicted octanol–water partition coefficient (Wildman–Crippen LogP) is 11.1. The van der Waals surface area contributed by atoms with Crippen LogP contribution in [0.4, 0.5) is 11.4 Å². The molecule has 2 aliphatic rings. The van der Waals surface area contributed by atoms with Crippen molar-refractivity contribution in [2.24, 2.45) is 5.41 Å². The highest BCUT2D eigenvalue weighted by Gasteiger charge is 2.33. The molecule has 1 amide bonds. The maximum absolute atomic E-state index is 13.1. The highest BCUT2D eigenvalue weighted by molar-refractivity contribution is 6.48. The molecule has 1 atom stereocenters. The predicted molar refractivity (Wildman–Crippen MR) is 241 cm³/mol. The van der Waals surface area contributed by atoms with Crippen LogP contribution in [-0.4, -0.2) is 34.8 Å². The van der Waals surface area contributed by atoms with Crippen molar-refractivity contribution < 1.29 is 19.1 Å². The summed E-state index contributed by atoms with van der Waals surface area (Å²) in [7, 11) is 0. The Balaban J connectivity index is 0.000000375. The van der Waals surface area contributed by atoms with Crippen LogP contribution in [0.1, 0.15) is 89.5 Å². The summed E-state index contributed by atoms with van der Waals surface area (Å²) in [5, 5.41) is 30.4. The first kappa shape index (κ1) is 45.2. The van der Waals surface area contributed by atoms with Crippen molar-refractivity contribution in [2.45, 2.75) is 86.1 Å². The lowest BCUT2D eigenvalue weighted by molar-refractivity contribution is -0.129. The van der Waals surface area contributed by atoms with Gasteiger partial charge in [0.2, 0.25) is 0 Å². The Labute approximate surface area is 348 Å². The molecule has 0 bridgehead atoms. The van der Waals surface area contributed by atoms with Gasteiger partial charge in [-0.05, 0) is 94.7 Å². The van der Waals surface area contributed by atoms with Crippen LogP contribution in [-0.2, 0) is 16.0 Å². The van der Waals surface area contributed by atoms with Crippen molar-refractivity contribution in [1.82, 2.24) is 0 Å². The normalized spacial score (nSPS) is 16.3. The minimum atomic E-state index is -1.59. The van der Waals surface area contributed by atoms with Crippen LogP contribution in [0.15, 0.2) is 136 Å². The average molecular weight is 793 g/mol. The summed E-state index contributed by atoms with van der Waals surface area (Å²) in [4.78, 5) is 39.7. The first-order chi connectivity index (χ1) is 28.1. The molecule has 1 aliphatic heterocycles. The Bertz CT molecular complexity index is 2390. The minimum absolute atomic E-state index is 0.0362. The number of anilines is 2. The molecule has 3 aromatic carbocycles. The van der Waals surface area contributed by atoms with Gasteiger partial charge in [-0.3, -0.25) is 10.2 Å². The molecular formula is C50H56N4O5. The Morgan fingerprint density at radius 2 is 1.76 bits per heavy atom. The van der Waals surface area contributed by atoms with Crippen molar-refractivity contribution in [3.8, 4) is 6.07 Å². The summed E-state index contributed by atoms with van der Waals surface area (Å²) in [6.07, 6.45) is 19.4. The van der Waals surface area contributed by atoms with Gasteiger partial charge >= 0.3 is 11.6 Å². The SMILES string of the molecule is C/C=C(\C)C(C)(C)CCC.CC1(N2CCCc3cc4c(C#N)c(/C=C/C=C(/C(=N)C(=O)O)C(=O)Nc5ccccc5)c(=O)oc4cc32)C=CC=CC1.Cc1ccccc1. The van der Waals surface area contributed by atoms with Gasteiger partial charge in [0, 0.05) is 29.4 Å². The van der Waals surface area contributed by atoms with E-state index in [1.807, 2.05) is 42.5 Å². The topological polar surface area (TPSA) is 147 Å². The smallest absolute Gasteiger partial charge is 0.354 e. The van der Waals surface area contributed by atoms with E-state index < -0.39 is 28.8 Å². The van der Waals surface area contributed by atoms with Crippen molar-refractivity contribution in [1.29, 1.82) is 10.7 Å². The molecule has 0 saturated heterocycles. The molecule has 9 heteroatoms. The second kappa shape index (κ2) is 20.8. The Kier molecular flexibility index (Phi) is 15.9. The van der Waals surface area contributed by atoms with Crippen molar-refractivity contribution in [3.63, 3.8) is 0 Å². The standard InChI is InChI=1S/C33H28N4O5.C10H20.C7H8/c1-33(15-6-3-7-16-33)37-17-9-10-21-18-25-26(20-34)23(32(41)42-28(25)19-27(21)37)13-8-14-24(29(35)31(39)40)30(38)36-22-11-4-2-5-12-22;1-6-8-10(4,5)9(3)7-2;1-7-5-3-2-4-6-7/h2-8,11-15,18-19,35H,9-10,16-17H2,1H3,(H,36,38)(H,39,40);7H,6,8H2,1-5H3;2-6H,1H3/b13-8+,24-14-,35-29?;9-7+;. The summed E-state index contributed by atoms with van der Waals surface area (Å²) in [5.41, 5.74) is 3.73. The summed E-state index contributed by atoms with van der Waals surface area (Å²) >= 11 is 0. The van der Waals surface area contributed by atoms with Crippen LogP contribution < -0.4 is 15.8 Å². The maximum Gasteiger partial charge on any atom is 0.354 e. The molecule has 0 fully saturated rings. The van der Waals surface area contributed by atoms with E-state index in [-0.39, 0.29) is 16.7 Å². The zero-order chi connectivity index (χ0) is 43.2. The highest BCUT2D eigenvalue weighted by atomic mass is 16.4. The number of aryl methyl sites for hydroxylation is 2. The molecular weight excluding hydrogens is 737 g/mol. The van der Waals surface area contributed by atoms with Gasteiger partial charge in [-0.2, -0.15) is 5.26 Å². The third kappa shape index (κ3) is 11.8. The number of hydrogen-bond acceptors (Lipinski definition) is 7. The third-order valence-electron chi connectivity index (χ3n) is 10.8. The number of carboxylic acids is 1. The van der Waals surface area contributed by atoms with E-state index in [1.54, 1.807) is 30.3 Å². The van der Waals surface area contributed by atoms with Gasteiger partial charge in [-0.25, -0.2) is 9.59 Å². The number of carbonyl (C=O) groups is 2. The molecule has 9 nitrogen and oxygen atoms in total. The second-order valence-corrected chi connectivity index (χ2v) is 15.6. The molecule has 1 aromatic heterocycles. The fraction of sp³-hybridized carbons (Fsp3) is 0.300. The fourth-order valence-electron chi connectivity index (χ4n) is 7.11. The van der Waals surface area contributed by atoms with Crippen molar-refractivity contribution in [3.05, 3.63) is 159 Å². The quantitative estimate of drug-likeness (QED) is 0.0476. The van der Waals surface area contributed by atoms with E-state index in [0.29, 0.717) is 22.1 Å². The largest absolute Gasteiger partial charge is 0.477 e. The number of benzene rings is 3. The van der Waals surface area contributed by atoms with E-state index in [2.05, 4.69) is 95.1 Å². The summed E-state index contributed by atoms with van der Waals surface area (Å²) in [6.45, 7) is 16.3. The number of hydrogen-bond donors (Lipinski definition) is 3. The first-order valence-corrected chi connectivity index (χ1v) is 20.0. The number of allylic oxidation sites excluding steroid dienone is 6. The number of carboxylic acid groups (broad SMARTS) is 1. The van der Waals surface area contributed by atoms with Gasteiger partial charge in [0.15, 0.2) is 5.71 Å². The lowest BCUT2D eigenvalue weighted by atomic mass is 9.81. The third-order valence-corrected chi connectivity index (χ3v) is 10.8. The number of nitriles is 1. The summed E-state index contributed by atoms with van der Waals surface area (Å²) < 4.78 is 5.69. The number of fused-ring (bicyclic) bond motifs is 2. The number of nitrogens with one attached hydrogen (secondary N) is 2. The second-order valence-electron chi connectivity index (χ2n) is 15.6. The average Bonchev–Trinajstić information content (AvgIpc) is 3.22.